The van der Waals surface area contributed by atoms with Gasteiger partial charge in [0.2, 0.25) is 0 Å². The smallest absolute Gasteiger partial charge is 0.372 e. The summed E-state index contributed by atoms with van der Waals surface area (Å²) in [5.74, 6) is 0.810. The highest BCUT2D eigenvalue weighted by Crippen LogP contribution is 2.20. The van der Waals surface area contributed by atoms with Crippen LogP contribution < -0.4 is 0 Å². The highest BCUT2D eigenvalue weighted by molar-refractivity contribution is 14.1. The van der Waals surface area contributed by atoms with Crippen LogP contribution in [0.5, 0.6) is 0 Å². The maximum Gasteiger partial charge on any atom is 0.411 e. The van der Waals surface area contributed by atoms with Crippen molar-refractivity contribution in [2.75, 3.05) is 13.2 Å². The molecule has 0 aliphatic carbocycles. The lowest BCUT2D eigenvalue weighted by Gasteiger charge is -2.10. The maximum atomic E-state index is 11.9. The molecule has 0 unspecified atom stereocenters. The van der Waals surface area contributed by atoms with Crippen molar-refractivity contribution in [1.82, 2.24) is 9.55 Å². The molecule has 7 heteroatoms. The summed E-state index contributed by atoms with van der Waals surface area (Å²) in [6.07, 6.45) is -0.255. The van der Waals surface area contributed by atoms with E-state index < -0.39 is 12.8 Å². The first-order valence-electron chi connectivity index (χ1n) is 6.37. The molecular weight excluding hydrogens is 396 g/mol. The molecule has 0 saturated heterocycles. The predicted molar refractivity (Wildman–Crippen MR) is 81.9 cm³/mol. The first-order chi connectivity index (χ1) is 9.96. The average molecular weight is 410 g/mol. The fourth-order valence-corrected chi connectivity index (χ4v) is 2.45. The van der Waals surface area contributed by atoms with Gasteiger partial charge in [-0.1, -0.05) is 12.1 Å². The molecule has 21 heavy (non-hydrogen) atoms. The van der Waals surface area contributed by atoms with Crippen molar-refractivity contribution in [2.45, 2.75) is 19.1 Å². The SMILES string of the molecule is FC(F)(F)COCCCn1ccnc1-c1cccc(I)c1. The lowest BCUT2D eigenvalue weighted by molar-refractivity contribution is -0.174. The highest BCUT2D eigenvalue weighted by Gasteiger charge is 2.27. The van der Waals surface area contributed by atoms with Crippen molar-refractivity contribution in [3.05, 3.63) is 40.2 Å². The molecule has 114 valence electrons. The van der Waals surface area contributed by atoms with E-state index in [0.717, 1.165) is 15.0 Å². The molecule has 0 N–H and O–H groups in total. The molecule has 0 spiro atoms. The number of halogens is 4. The molecule has 0 atom stereocenters. The Bertz CT molecular complexity index is 584. The van der Waals surface area contributed by atoms with Gasteiger partial charge in [-0.3, -0.25) is 0 Å². The van der Waals surface area contributed by atoms with Gasteiger partial charge in [0.15, 0.2) is 0 Å². The Labute approximate surface area is 134 Å². The molecule has 1 heterocycles. The van der Waals surface area contributed by atoms with E-state index in [1.165, 1.54) is 0 Å². The second-order valence-electron chi connectivity index (χ2n) is 4.48. The number of aromatic nitrogens is 2. The van der Waals surface area contributed by atoms with Crippen LogP contribution in [0.3, 0.4) is 0 Å². The van der Waals surface area contributed by atoms with Crippen molar-refractivity contribution < 1.29 is 17.9 Å². The minimum atomic E-state index is -4.26. The molecule has 0 saturated carbocycles. The molecule has 2 rings (SSSR count). The fourth-order valence-electron chi connectivity index (χ4n) is 1.90. The van der Waals surface area contributed by atoms with Gasteiger partial charge in [-0.2, -0.15) is 13.2 Å². The monoisotopic (exact) mass is 410 g/mol. The van der Waals surface area contributed by atoms with E-state index in [1.807, 2.05) is 35.0 Å². The summed E-state index contributed by atoms with van der Waals surface area (Å²) in [5.41, 5.74) is 0.989. The number of nitrogens with zero attached hydrogens (tertiary/aromatic N) is 2. The van der Waals surface area contributed by atoms with E-state index in [-0.39, 0.29) is 6.61 Å². The first-order valence-corrected chi connectivity index (χ1v) is 7.45. The van der Waals surface area contributed by atoms with Gasteiger partial charge in [-0.05, 0) is 41.1 Å². The molecular formula is C14H14F3IN2O. The minimum Gasteiger partial charge on any atom is -0.372 e. The van der Waals surface area contributed by atoms with Gasteiger partial charge in [-0.15, -0.1) is 0 Å². The Hall–Kier alpha value is -1.09. The van der Waals surface area contributed by atoms with E-state index in [9.17, 15) is 13.2 Å². The second-order valence-corrected chi connectivity index (χ2v) is 5.72. The molecule has 0 radical (unpaired) electrons. The number of hydrogen-bond donors (Lipinski definition) is 0. The number of hydrogen-bond acceptors (Lipinski definition) is 2. The van der Waals surface area contributed by atoms with E-state index in [2.05, 4.69) is 32.3 Å². The van der Waals surface area contributed by atoms with Crippen LogP contribution in [0.25, 0.3) is 11.4 Å². The molecule has 0 aliphatic rings. The Balaban J connectivity index is 1.89. The Morgan fingerprint density at radius 3 is 2.81 bits per heavy atom. The van der Waals surface area contributed by atoms with Gasteiger partial charge < -0.3 is 9.30 Å². The standard InChI is InChI=1S/C14H14F3IN2O/c15-14(16,17)10-21-8-2-6-20-7-5-19-13(20)11-3-1-4-12(18)9-11/h1,3-5,7,9H,2,6,8,10H2. The summed E-state index contributed by atoms with van der Waals surface area (Å²) >= 11 is 2.23. The van der Waals surface area contributed by atoms with Gasteiger partial charge in [0.1, 0.15) is 12.4 Å². The second kappa shape index (κ2) is 7.26. The largest absolute Gasteiger partial charge is 0.411 e. The summed E-state index contributed by atoms with van der Waals surface area (Å²) in [7, 11) is 0. The Kier molecular flexibility index (Phi) is 5.63. The molecule has 1 aromatic carbocycles. The zero-order valence-electron chi connectivity index (χ0n) is 11.1. The normalized spacial score (nSPS) is 11.8. The minimum absolute atomic E-state index is 0.0729. The van der Waals surface area contributed by atoms with Gasteiger partial charge in [0, 0.05) is 34.7 Å². The molecule has 0 bridgehead atoms. The van der Waals surface area contributed by atoms with Crippen LogP contribution in [0.4, 0.5) is 13.2 Å². The predicted octanol–water partition coefficient (Wildman–Crippen LogP) is 4.12. The van der Waals surface area contributed by atoms with Gasteiger partial charge >= 0.3 is 6.18 Å². The summed E-state index contributed by atoms with van der Waals surface area (Å²) in [4.78, 5) is 4.30. The third-order valence-corrected chi connectivity index (χ3v) is 3.42. The van der Waals surface area contributed by atoms with E-state index in [1.54, 1.807) is 6.20 Å². The number of imidazole rings is 1. The lowest BCUT2D eigenvalue weighted by atomic mass is 10.2. The van der Waals surface area contributed by atoms with E-state index >= 15 is 0 Å². The van der Waals surface area contributed by atoms with Crippen molar-refractivity contribution >= 4 is 22.6 Å². The number of aryl methyl sites for hydroxylation is 1. The Morgan fingerprint density at radius 2 is 2.10 bits per heavy atom. The summed E-state index contributed by atoms with van der Waals surface area (Å²) in [5, 5.41) is 0. The van der Waals surface area contributed by atoms with Crippen LogP contribution in [-0.4, -0.2) is 28.9 Å². The molecule has 0 aliphatic heterocycles. The summed E-state index contributed by atoms with van der Waals surface area (Å²) in [6, 6.07) is 7.91. The Morgan fingerprint density at radius 1 is 1.29 bits per heavy atom. The van der Waals surface area contributed by atoms with E-state index in [0.29, 0.717) is 13.0 Å². The number of ether oxygens (including phenoxy) is 1. The molecule has 1 aromatic heterocycles. The van der Waals surface area contributed by atoms with Crippen LogP contribution in [-0.2, 0) is 11.3 Å². The van der Waals surface area contributed by atoms with Crippen molar-refractivity contribution in [2.24, 2.45) is 0 Å². The zero-order valence-corrected chi connectivity index (χ0v) is 13.3. The lowest BCUT2D eigenvalue weighted by Crippen LogP contribution is -2.17. The number of benzene rings is 1. The van der Waals surface area contributed by atoms with Crippen LogP contribution in [0, 0.1) is 3.57 Å². The molecule has 0 fully saturated rings. The highest BCUT2D eigenvalue weighted by atomic mass is 127. The molecule has 3 nitrogen and oxygen atoms in total. The van der Waals surface area contributed by atoms with Crippen molar-refractivity contribution in [3.63, 3.8) is 0 Å². The maximum absolute atomic E-state index is 11.9. The van der Waals surface area contributed by atoms with Crippen molar-refractivity contribution in [3.8, 4) is 11.4 Å². The summed E-state index contributed by atoms with van der Waals surface area (Å²) in [6.45, 7) is -0.553. The van der Waals surface area contributed by atoms with Crippen LogP contribution in [0.1, 0.15) is 6.42 Å². The third kappa shape index (κ3) is 5.31. The first kappa shape index (κ1) is 16.3. The quantitative estimate of drug-likeness (QED) is 0.529. The molecule has 0 amide bonds. The topological polar surface area (TPSA) is 27.1 Å². The van der Waals surface area contributed by atoms with Crippen LogP contribution in [0.2, 0.25) is 0 Å². The van der Waals surface area contributed by atoms with Crippen LogP contribution in [0.15, 0.2) is 36.7 Å². The van der Waals surface area contributed by atoms with Crippen molar-refractivity contribution in [1.29, 1.82) is 0 Å². The van der Waals surface area contributed by atoms with Gasteiger partial charge in [0.05, 0.1) is 0 Å². The number of alkyl halides is 3. The third-order valence-electron chi connectivity index (χ3n) is 2.75. The zero-order chi connectivity index (χ0) is 15.3. The number of rotatable bonds is 6. The fraction of sp³-hybridized carbons (Fsp3) is 0.357. The average Bonchev–Trinajstić information content (AvgIpc) is 2.85. The van der Waals surface area contributed by atoms with E-state index in [4.69, 9.17) is 0 Å². The van der Waals surface area contributed by atoms with Crippen LogP contribution >= 0.6 is 22.6 Å². The van der Waals surface area contributed by atoms with Gasteiger partial charge in [-0.25, -0.2) is 4.98 Å². The molecule has 2 aromatic rings. The van der Waals surface area contributed by atoms with Gasteiger partial charge in [0.25, 0.3) is 0 Å². The summed E-state index contributed by atoms with van der Waals surface area (Å²) < 4.78 is 43.4.